The monoisotopic (exact) mass is 391 g/mol. The molecule has 0 saturated carbocycles. The molecule has 0 radical (unpaired) electrons. The van der Waals surface area contributed by atoms with Gasteiger partial charge in [0.15, 0.2) is 4.80 Å². The molecule has 2 amide bonds. The summed E-state index contributed by atoms with van der Waals surface area (Å²) in [6.45, 7) is 2.18. The Morgan fingerprint density at radius 3 is 2.41 bits per heavy atom. The minimum Gasteiger partial charge on any atom is -0.332 e. The Labute approximate surface area is 157 Å². The molecule has 27 heavy (non-hydrogen) atoms. The van der Waals surface area contributed by atoms with Gasteiger partial charge in [-0.15, -0.1) is 11.3 Å². The van der Waals surface area contributed by atoms with Crippen LogP contribution in [0.25, 0.3) is 5.69 Å². The molecule has 1 aromatic heterocycles. The molecule has 0 spiro atoms. The van der Waals surface area contributed by atoms with E-state index in [0.29, 0.717) is 17.0 Å². The summed E-state index contributed by atoms with van der Waals surface area (Å²) in [7, 11) is 0. The highest BCUT2D eigenvalue weighted by Crippen LogP contribution is 2.29. The van der Waals surface area contributed by atoms with Crippen LogP contribution in [0.1, 0.15) is 16.0 Å². The molecule has 2 aromatic carbocycles. The number of amides is 2. The quantitative estimate of drug-likeness (QED) is 0.693. The Kier molecular flexibility index (Phi) is 5.46. The maximum absolute atomic E-state index is 12.7. The number of carbonyl (C=O) groups is 1. The molecule has 0 saturated heterocycles. The fraction of sp³-hybridized carbons (Fsp3) is 0.158. The van der Waals surface area contributed by atoms with Crippen LogP contribution in [0.2, 0.25) is 0 Å². The molecule has 3 aromatic rings. The molecule has 0 atom stereocenters. The van der Waals surface area contributed by atoms with E-state index in [0.717, 1.165) is 22.6 Å². The number of aryl methyl sites for hydroxylation is 1. The number of nitrogens with one attached hydrogen (secondary N) is 1. The van der Waals surface area contributed by atoms with Crippen LogP contribution >= 0.6 is 11.3 Å². The van der Waals surface area contributed by atoms with Gasteiger partial charge in [0.2, 0.25) is 0 Å². The smallest absolute Gasteiger partial charge is 0.332 e. The van der Waals surface area contributed by atoms with Crippen molar-refractivity contribution in [2.24, 2.45) is 4.99 Å². The van der Waals surface area contributed by atoms with Gasteiger partial charge in [0.1, 0.15) is 0 Å². The van der Waals surface area contributed by atoms with Gasteiger partial charge in [0.25, 0.3) is 0 Å². The van der Waals surface area contributed by atoms with E-state index in [9.17, 15) is 18.0 Å². The van der Waals surface area contributed by atoms with E-state index in [1.54, 1.807) is 10.8 Å². The number of thiazole rings is 1. The predicted molar refractivity (Wildman–Crippen MR) is 97.6 cm³/mol. The summed E-state index contributed by atoms with van der Waals surface area (Å²) in [6, 6.07) is 13.6. The average Bonchev–Trinajstić information content (AvgIpc) is 3.00. The molecule has 140 valence electrons. The first kappa shape index (κ1) is 18.9. The second-order valence-corrected chi connectivity index (χ2v) is 7.01. The highest BCUT2D eigenvalue weighted by molar-refractivity contribution is 7.09. The zero-order valence-corrected chi connectivity index (χ0v) is 15.1. The zero-order valence-electron chi connectivity index (χ0n) is 14.3. The number of halogens is 3. The molecule has 3 rings (SSSR count). The number of hydrogen-bond acceptors (Lipinski definition) is 2. The number of hydrogen-bond donors (Lipinski definition) is 1. The topological polar surface area (TPSA) is 46.4 Å². The van der Waals surface area contributed by atoms with Crippen molar-refractivity contribution in [3.8, 4) is 5.69 Å². The van der Waals surface area contributed by atoms with Gasteiger partial charge in [-0.25, -0.2) is 4.79 Å². The van der Waals surface area contributed by atoms with Gasteiger partial charge >= 0.3 is 12.2 Å². The summed E-state index contributed by atoms with van der Waals surface area (Å²) < 4.78 is 39.8. The molecule has 8 heteroatoms. The highest BCUT2D eigenvalue weighted by Gasteiger charge is 2.30. The summed E-state index contributed by atoms with van der Waals surface area (Å²) in [5.74, 6) is 0. The summed E-state index contributed by atoms with van der Waals surface area (Å²) in [4.78, 5) is 17.4. The van der Waals surface area contributed by atoms with E-state index in [4.69, 9.17) is 0 Å². The van der Waals surface area contributed by atoms with E-state index < -0.39 is 17.8 Å². The lowest BCUT2D eigenvalue weighted by molar-refractivity contribution is -0.137. The standard InChI is InChI=1S/C19H16F3N3OS/c1-13-12-25(16-9-7-15(8-10-16)19(20,21)22)18(27-13)24-17(26)23-11-14-5-3-2-4-6-14/h2-10,12H,11H2,1H3,(H,23,26). The number of benzene rings is 2. The van der Waals surface area contributed by atoms with E-state index in [1.807, 2.05) is 37.3 Å². The molecule has 1 N–H and O–H groups in total. The number of carbonyl (C=O) groups excluding carboxylic acids is 1. The third kappa shape index (κ3) is 4.85. The predicted octanol–water partition coefficient (Wildman–Crippen LogP) is 4.68. The van der Waals surface area contributed by atoms with Crippen molar-refractivity contribution < 1.29 is 18.0 Å². The van der Waals surface area contributed by atoms with Crippen LogP contribution in [-0.4, -0.2) is 10.6 Å². The fourth-order valence-electron chi connectivity index (χ4n) is 2.43. The lowest BCUT2D eigenvalue weighted by Crippen LogP contribution is -2.23. The van der Waals surface area contributed by atoms with Crippen molar-refractivity contribution in [2.75, 3.05) is 0 Å². The van der Waals surface area contributed by atoms with Crippen LogP contribution in [0.15, 0.2) is 65.8 Å². The Hall–Kier alpha value is -2.87. The second kappa shape index (κ2) is 7.79. The first-order valence-electron chi connectivity index (χ1n) is 8.06. The van der Waals surface area contributed by atoms with Crippen molar-refractivity contribution in [3.05, 3.63) is 81.6 Å². The van der Waals surface area contributed by atoms with Crippen molar-refractivity contribution >= 4 is 17.4 Å². The molecule has 0 aliphatic carbocycles. The Bertz CT molecular complexity index is 990. The van der Waals surface area contributed by atoms with Gasteiger partial charge < -0.3 is 5.32 Å². The van der Waals surface area contributed by atoms with Gasteiger partial charge in [0, 0.05) is 23.3 Å². The van der Waals surface area contributed by atoms with E-state index in [-0.39, 0.29) is 0 Å². The number of aromatic nitrogens is 1. The first-order chi connectivity index (χ1) is 12.8. The third-order valence-corrected chi connectivity index (χ3v) is 4.62. The van der Waals surface area contributed by atoms with Crippen molar-refractivity contribution in [1.82, 2.24) is 9.88 Å². The van der Waals surface area contributed by atoms with Crippen LogP contribution < -0.4 is 10.1 Å². The Morgan fingerprint density at radius 1 is 1.11 bits per heavy atom. The molecule has 0 aliphatic rings. The molecule has 1 heterocycles. The second-order valence-electron chi connectivity index (χ2n) is 5.80. The lowest BCUT2D eigenvalue weighted by atomic mass is 10.2. The van der Waals surface area contributed by atoms with Crippen molar-refractivity contribution in [3.63, 3.8) is 0 Å². The zero-order chi connectivity index (χ0) is 19.4. The van der Waals surface area contributed by atoms with E-state index >= 15 is 0 Å². The normalized spacial score (nSPS) is 12.2. The summed E-state index contributed by atoms with van der Waals surface area (Å²) in [6.07, 6.45) is -2.66. The highest BCUT2D eigenvalue weighted by atomic mass is 32.1. The van der Waals surface area contributed by atoms with Crippen LogP contribution in [0.5, 0.6) is 0 Å². The maximum Gasteiger partial charge on any atom is 0.416 e. The molecular weight excluding hydrogens is 375 g/mol. The third-order valence-electron chi connectivity index (χ3n) is 3.73. The minimum absolute atomic E-state index is 0.341. The summed E-state index contributed by atoms with van der Waals surface area (Å²) >= 11 is 1.28. The number of urea groups is 1. The SMILES string of the molecule is Cc1cn(-c2ccc(C(F)(F)F)cc2)c(=NC(=O)NCc2ccccc2)s1. The number of rotatable bonds is 3. The maximum atomic E-state index is 12.7. The number of alkyl halides is 3. The van der Waals surface area contributed by atoms with Crippen LogP contribution in [0.3, 0.4) is 0 Å². The lowest BCUT2D eigenvalue weighted by Gasteiger charge is -2.08. The Balaban J connectivity index is 1.83. The number of nitrogens with zero attached hydrogens (tertiary/aromatic N) is 2. The summed E-state index contributed by atoms with van der Waals surface area (Å²) in [5.41, 5.74) is 0.721. The molecule has 0 unspecified atom stereocenters. The Morgan fingerprint density at radius 2 is 1.78 bits per heavy atom. The van der Waals surface area contributed by atoms with Gasteiger partial charge in [-0.2, -0.15) is 18.2 Å². The molecule has 4 nitrogen and oxygen atoms in total. The average molecular weight is 391 g/mol. The van der Waals surface area contributed by atoms with Crippen LogP contribution in [-0.2, 0) is 12.7 Å². The van der Waals surface area contributed by atoms with Gasteiger partial charge in [-0.1, -0.05) is 30.3 Å². The largest absolute Gasteiger partial charge is 0.416 e. The molecule has 0 aliphatic heterocycles. The van der Waals surface area contributed by atoms with Crippen LogP contribution in [0, 0.1) is 6.92 Å². The molecular formula is C19H16F3N3OS. The molecule has 0 bridgehead atoms. The van der Waals surface area contributed by atoms with Crippen LogP contribution in [0.4, 0.5) is 18.0 Å². The van der Waals surface area contributed by atoms with Crippen molar-refractivity contribution in [2.45, 2.75) is 19.6 Å². The van der Waals surface area contributed by atoms with E-state index in [1.165, 1.54) is 23.5 Å². The molecule has 0 fully saturated rings. The van der Waals surface area contributed by atoms with Gasteiger partial charge in [-0.05, 0) is 36.8 Å². The fourth-order valence-corrected chi connectivity index (χ4v) is 3.26. The van der Waals surface area contributed by atoms with Gasteiger partial charge in [0.05, 0.1) is 5.56 Å². The minimum atomic E-state index is -4.39. The summed E-state index contributed by atoms with van der Waals surface area (Å²) in [5, 5.41) is 2.70. The van der Waals surface area contributed by atoms with E-state index in [2.05, 4.69) is 10.3 Å². The van der Waals surface area contributed by atoms with Gasteiger partial charge in [-0.3, -0.25) is 4.57 Å². The van der Waals surface area contributed by atoms with Crippen molar-refractivity contribution in [1.29, 1.82) is 0 Å². The first-order valence-corrected chi connectivity index (χ1v) is 8.88.